The summed E-state index contributed by atoms with van der Waals surface area (Å²) >= 11 is 1.28. The van der Waals surface area contributed by atoms with Gasteiger partial charge in [-0.2, -0.15) is 0 Å². The van der Waals surface area contributed by atoms with Crippen molar-refractivity contribution in [3.05, 3.63) is 30.9 Å². The van der Waals surface area contributed by atoms with Gasteiger partial charge in [-0.05, 0) is 23.9 Å². The molecule has 1 aliphatic heterocycles. The van der Waals surface area contributed by atoms with Crippen LogP contribution in [0.2, 0.25) is 0 Å². The summed E-state index contributed by atoms with van der Waals surface area (Å²) in [6.07, 6.45) is 0.459. The number of rotatable bonds is 4. The van der Waals surface area contributed by atoms with E-state index < -0.39 is 31.1 Å². The van der Waals surface area contributed by atoms with Crippen LogP contribution in [0.3, 0.4) is 0 Å². The maximum Gasteiger partial charge on any atom is 0.196 e. The molecule has 0 aromatic carbocycles. The van der Waals surface area contributed by atoms with E-state index in [-0.39, 0.29) is 5.82 Å². The molecule has 0 amide bonds. The fourth-order valence-corrected chi connectivity index (χ4v) is 3.52. The summed E-state index contributed by atoms with van der Waals surface area (Å²) in [4.78, 5) is 17.7. The molecule has 1 saturated heterocycles. The van der Waals surface area contributed by atoms with Gasteiger partial charge in [-0.15, -0.1) is 0 Å². The van der Waals surface area contributed by atoms with Gasteiger partial charge in [0.25, 0.3) is 0 Å². The molecule has 3 aromatic rings. The van der Waals surface area contributed by atoms with E-state index >= 15 is 0 Å². The van der Waals surface area contributed by atoms with Crippen molar-refractivity contribution in [1.82, 2.24) is 24.5 Å². The maximum atomic E-state index is 10.2. The lowest BCUT2D eigenvalue weighted by molar-refractivity contribution is -0.0511. The number of aliphatic hydroxyl groups excluding tert-OH is 3. The Morgan fingerprint density at radius 2 is 2.12 bits per heavy atom. The summed E-state index contributed by atoms with van der Waals surface area (Å²) < 4.78 is 7.02. The fraction of sp³-hybridized carbons (Fsp3) is 0.333. The standard InChI is InChI=1S/C15H16N6O4S/c16-12-9-13(20-15(19-12)26-7-2-1-3-17-4-7)21(6-18-9)14-11(24)10(23)8(5-22)25-14/h1-4,6,8,10-11,14,22-24H,5H2,(H2,16,19,20)/t8-,10?,11?,14-/m1/s1. The van der Waals surface area contributed by atoms with Crippen LogP contribution in [0, 0.1) is 0 Å². The van der Waals surface area contributed by atoms with Crippen molar-refractivity contribution >= 4 is 28.7 Å². The highest BCUT2D eigenvalue weighted by molar-refractivity contribution is 7.99. The highest BCUT2D eigenvalue weighted by Gasteiger charge is 2.44. The number of ether oxygens (including phenoxy) is 1. The number of nitrogens with two attached hydrogens (primary N) is 1. The van der Waals surface area contributed by atoms with Gasteiger partial charge in [-0.25, -0.2) is 15.0 Å². The lowest BCUT2D eigenvalue weighted by Gasteiger charge is -2.16. The predicted molar refractivity (Wildman–Crippen MR) is 91.1 cm³/mol. The molecule has 4 atom stereocenters. The van der Waals surface area contributed by atoms with Crippen LogP contribution in [0.25, 0.3) is 11.2 Å². The number of anilines is 1. The Morgan fingerprint density at radius 3 is 2.81 bits per heavy atom. The van der Waals surface area contributed by atoms with Gasteiger partial charge in [-0.1, -0.05) is 0 Å². The van der Waals surface area contributed by atoms with Gasteiger partial charge in [-0.3, -0.25) is 9.55 Å². The summed E-state index contributed by atoms with van der Waals surface area (Å²) in [6, 6.07) is 3.67. The van der Waals surface area contributed by atoms with E-state index in [1.54, 1.807) is 18.5 Å². The van der Waals surface area contributed by atoms with Crippen molar-refractivity contribution in [1.29, 1.82) is 0 Å². The van der Waals surface area contributed by atoms with Crippen LogP contribution in [0.1, 0.15) is 6.23 Å². The fourth-order valence-electron chi connectivity index (χ4n) is 2.77. The van der Waals surface area contributed by atoms with E-state index in [4.69, 9.17) is 10.5 Å². The van der Waals surface area contributed by atoms with Crippen LogP contribution < -0.4 is 5.73 Å². The van der Waals surface area contributed by atoms with E-state index in [0.29, 0.717) is 16.3 Å². The van der Waals surface area contributed by atoms with E-state index in [2.05, 4.69) is 19.9 Å². The van der Waals surface area contributed by atoms with Crippen molar-refractivity contribution in [3.63, 3.8) is 0 Å². The third-order valence-corrected chi connectivity index (χ3v) is 4.91. The molecule has 10 nitrogen and oxygen atoms in total. The molecular weight excluding hydrogens is 360 g/mol. The first-order chi connectivity index (χ1) is 12.6. The van der Waals surface area contributed by atoms with Crippen molar-refractivity contribution in [2.45, 2.75) is 34.6 Å². The van der Waals surface area contributed by atoms with Crippen molar-refractivity contribution in [2.24, 2.45) is 0 Å². The van der Waals surface area contributed by atoms with Crippen LogP contribution in [0.5, 0.6) is 0 Å². The molecule has 136 valence electrons. The first kappa shape index (κ1) is 17.1. The van der Waals surface area contributed by atoms with E-state index in [1.165, 1.54) is 22.7 Å². The van der Waals surface area contributed by atoms with Gasteiger partial charge in [0.15, 0.2) is 22.8 Å². The van der Waals surface area contributed by atoms with E-state index in [1.807, 2.05) is 6.07 Å². The molecule has 3 aromatic heterocycles. The second-order valence-electron chi connectivity index (χ2n) is 5.74. The topological polar surface area (TPSA) is 152 Å². The molecule has 0 radical (unpaired) electrons. The van der Waals surface area contributed by atoms with Crippen LogP contribution in [-0.2, 0) is 4.74 Å². The quantitative estimate of drug-likeness (QED) is 0.441. The molecule has 2 unspecified atom stereocenters. The predicted octanol–water partition coefficient (Wildman–Crippen LogP) is -0.434. The zero-order valence-corrected chi connectivity index (χ0v) is 14.2. The molecule has 26 heavy (non-hydrogen) atoms. The molecule has 0 spiro atoms. The summed E-state index contributed by atoms with van der Waals surface area (Å²) in [6.45, 7) is -0.416. The number of pyridine rings is 1. The number of hydrogen-bond acceptors (Lipinski definition) is 10. The number of aliphatic hydroxyl groups is 3. The van der Waals surface area contributed by atoms with Crippen LogP contribution in [0.4, 0.5) is 5.82 Å². The van der Waals surface area contributed by atoms with Gasteiger partial charge in [0.2, 0.25) is 0 Å². The molecule has 1 fully saturated rings. The lowest BCUT2D eigenvalue weighted by atomic mass is 10.1. The number of fused-ring (bicyclic) bond motifs is 1. The maximum absolute atomic E-state index is 10.2. The second kappa shape index (κ2) is 6.78. The van der Waals surface area contributed by atoms with Gasteiger partial charge in [0.05, 0.1) is 12.9 Å². The molecule has 4 heterocycles. The smallest absolute Gasteiger partial charge is 0.196 e. The van der Waals surface area contributed by atoms with Gasteiger partial charge in [0.1, 0.15) is 23.8 Å². The molecule has 0 aliphatic carbocycles. The molecule has 0 saturated carbocycles. The molecule has 11 heteroatoms. The Bertz CT molecular complexity index is 923. The highest BCUT2D eigenvalue weighted by atomic mass is 32.2. The number of nitrogen functional groups attached to an aromatic ring is 1. The Labute approximate surface area is 151 Å². The molecule has 0 bridgehead atoms. The van der Waals surface area contributed by atoms with Crippen LogP contribution in [-0.4, -0.2) is 64.7 Å². The average molecular weight is 376 g/mol. The Morgan fingerprint density at radius 1 is 1.27 bits per heavy atom. The molecular formula is C15H16N6O4S. The van der Waals surface area contributed by atoms with E-state index in [9.17, 15) is 15.3 Å². The van der Waals surface area contributed by atoms with Crippen molar-refractivity contribution < 1.29 is 20.1 Å². The normalized spacial score (nSPS) is 25.8. The molecule has 1 aliphatic rings. The Kier molecular flexibility index (Phi) is 4.46. The summed E-state index contributed by atoms with van der Waals surface area (Å²) in [5.74, 6) is 0.187. The highest BCUT2D eigenvalue weighted by Crippen LogP contribution is 2.33. The number of nitrogens with zero attached hydrogens (tertiary/aromatic N) is 5. The minimum Gasteiger partial charge on any atom is -0.394 e. The van der Waals surface area contributed by atoms with Gasteiger partial charge in [0, 0.05) is 17.3 Å². The minimum absolute atomic E-state index is 0.187. The lowest BCUT2D eigenvalue weighted by Crippen LogP contribution is -2.33. The third kappa shape index (κ3) is 2.89. The van der Waals surface area contributed by atoms with Crippen molar-refractivity contribution in [3.8, 4) is 0 Å². The second-order valence-corrected chi connectivity index (χ2v) is 6.78. The molecule has 5 N–H and O–H groups in total. The first-order valence-corrected chi connectivity index (χ1v) is 8.60. The largest absolute Gasteiger partial charge is 0.394 e. The van der Waals surface area contributed by atoms with Crippen LogP contribution >= 0.6 is 11.8 Å². The average Bonchev–Trinajstić information content (AvgIpc) is 3.18. The minimum atomic E-state index is -1.24. The van der Waals surface area contributed by atoms with Gasteiger partial charge < -0.3 is 25.8 Å². The third-order valence-electron chi connectivity index (χ3n) is 4.06. The SMILES string of the molecule is Nc1nc(Sc2cccnc2)nc2c1ncn2[C@@H]1O[C@H](CO)C(O)C1O. The zero-order chi connectivity index (χ0) is 18.3. The Balaban J connectivity index is 1.73. The first-order valence-electron chi connectivity index (χ1n) is 7.79. The number of imidazole rings is 1. The van der Waals surface area contributed by atoms with Gasteiger partial charge >= 0.3 is 0 Å². The molecule has 4 rings (SSSR count). The van der Waals surface area contributed by atoms with Crippen molar-refractivity contribution in [2.75, 3.05) is 12.3 Å². The summed E-state index contributed by atoms with van der Waals surface area (Å²) in [5.41, 5.74) is 6.71. The zero-order valence-electron chi connectivity index (χ0n) is 13.4. The Hall–Kier alpha value is -2.31. The monoisotopic (exact) mass is 376 g/mol. The summed E-state index contributed by atoms with van der Waals surface area (Å²) in [5, 5.41) is 29.9. The van der Waals surface area contributed by atoms with Crippen LogP contribution in [0.15, 0.2) is 40.9 Å². The summed E-state index contributed by atoms with van der Waals surface area (Å²) in [7, 11) is 0. The van der Waals surface area contributed by atoms with E-state index in [0.717, 1.165) is 4.90 Å². The number of hydrogen-bond donors (Lipinski definition) is 4. The number of aromatic nitrogens is 5.